The molecule has 102 valence electrons. The Balaban J connectivity index is 1.86. The molecular weight excluding hydrogens is 258 g/mol. The molecule has 1 fully saturated rings. The van der Waals surface area contributed by atoms with E-state index in [2.05, 4.69) is 22.7 Å². The predicted molar refractivity (Wildman–Crippen MR) is 79.5 cm³/mol. The molecule has 0 spiro atoms. The normalized spacial score (nSPS) is 16.6. The number of benzene rings is 1. The molecule has 0 heterocycles. The zero-order valence-electron chi connectivity index (χ0n) is 10.8. The van der Waals surface area contributed by atoms with E-state index in [9.17, 15) is 4.79 Å². The number of nitrogens with two attached hydrogens (primary N) is 1. The molecule has 0 atom stereocenters. The fourth-order valence-electron chi connectivity index (χ4n) is 2.18. The average molecular weight is 277 g/mol. The topological polar surface area (TPSA) is 67.5 Å². The summed E-state index contributed by atoms with van der Waals surface area (Å²) in [5.74, 6) is 0. The van der Waals surface area contributed by atoms with Crippen LogP contribution in [0.25, 0.3) is 0 Å². The van der Waals surface area contributed by atoms with Crippen LogP contribution in [0.5, 0.6) is 0 Å². The van der Waals surface area contributed by atoms with Gasteiger partial charge in [-0.25, -0.2) is 10.2 Å². The third-order valence-corrected chi connectivity index (χ3v) is 4.47. The van der Waals surface area contributed by atoms with E-state index in [1.54, 1.807) is 6.21 Å². The minimum absolute atomic E-state index is 0.652. The highest BCUT2D eigenvalue weighted by Gasteiger charge is 2.14. The quantitative estimate of drug-likeness (QED) is 0.656. The smallest absolute Gasteiger partial charge is 0.332 e. The van der Waals surface area contributed by atoms with E-state index >= 15 is 0 Å². The number of hydrogen-bond acceptors (Lipinski definition) is 3. The Morgan fingerprint density at radius 1 is 1.26 bits per heavy atom. The Morgan fingerprint density at radius 2 is 1.95 bits per heavy atom. The van der Waals surface area contributed by atoms with Crippen molar-refractivity contribution in [3.63, 3.8) is 0 Å². The summed E-state index contributed by atoms with van der Waals surface area (Å²) in [6.45, 7) is 0. The van der Waals surface area contributed by atoms with Crippen molar-refractivity contribution in [2.75, 3.05) is 0 Å². The van der Waals surface area contributed by atoms with Crippen molar-refractivity contribution in [1.82, 2.24) is 5.43 Å². The first-order chi connectivity index (χ1) is 9.24. The molecule has 2 amide bonds. The Kier molecular flexibility index (Phi) is 5.27. The van der Waals surface area contributed by atoms with Gasteiger partial charge in [0.2, 0.25) is 0 Å². The molecule has 0 aromatic heterocycles. The predicted octanol–water partition coefficient (Wildman–Crippen LogP) is 3.11. The summed E-state index contributed by atoms with van der Waals surface area (Å²) >= 11 is 1.97. The van der Waals surface area contributed by atoms with Gasteiger partial charge in [0.25, 0.3) is 0 Å². The van der Waals surface area contributed by atoms with E-state index in [1.165, 1.54) is 37.0 Å². The molecule has 0 radical (unpaired) electrons. The van der Waals surface area contributed by atoms with E-state index in [4.69, 9.17) is 5.73 Å². The highest BCUT2D eigenvalue weighted by atomic mass is 32.2. The lowest BCUT2D eigenvalue weighted by Gasteiger charge is -2.20. The molecule has 5 heteroatoms. The zero-order chi connectivity index (χ0) is 13.5. The van der Waals surface area contributed by atoms with Crippen molar-refractivity contribution < 1.29 is 4.79 Å². The molecule has 4 nitrogen and oxygen atoms in total. The van der Waals surface area contributed by atoms with E-state index in [0.29, 0.717) is 0 Å². The van der Waals surface area contributed by atoms with Gasteiger partial charge in [0.15, 0.2) is 0 Å². The molecule has 0 aliphatic heterocycles. The van der Waals surface area contributed by atoms with Crippen molar-refractivity contribution in [3.05, 3.63) is 29.8 Å². The first-order valence-corrected chi connectivity index (χ1v) is 7.47. The molecule has 19 heavy (non-hydrogen) atoms. The number of nitrogens with one attached hydrogen (secondary N) is 1. The minimum atomic E-state index is -0.652. The summed E-state index contributed by atoms with van der Waals surface area (Å²) in [7, 11) is 0. The molecule has 1 saturated carbocycles. The second-order valence-corrected chi connectivity index (χ2v) is 6.05. The van der Waals surface area contributed by atoms with Gasteiger partial charge in [-0.2, -0.15) is 5.10 Å². The highest BCUT2D eigenvalue weighted by molar-refractivity contribution is 8.00. The Bertz CT molecular complexity index is 439. The molecular formula is C14H19N3OS. The standard InChI is InChI=1S/C14H19N3OS/c15-14(18)17-16-10-11-6-8-13(9-7-11)19-12-4-2-1-3-5-12/h6-10,12H,1-5H2,(H3,15,17,18). The van der Waals surface area contributed by atoms with Crippen molar-refractivity contribution >= 4 is 24.0 Å². The minimum Gasteiger partial charge on any atom is -0.350 e. The lowest BCUT2D eigenvalue weighted by molar-refractivity contribution is 0.249. The summed E-state index contributed by atoms with van der Waals surface area (Å²) in [6.07, 6.45) is 8.36. The summed E-state index contributed by atoms with van der Waals surface area (Å²) < 4.78 is 0. The maximum absolute atomic E-state index is 10.5. The van der Waals surface area contributed by atoms with Crippen LogP contribution in [-0.4, -0.2) is 17.5 Å². The van der Waals surface area contributed by atoms with Gasteiger partial charge in [-0.1, -0.05) is 31.4 Å². The molecule has 0 saturated heterocycles. The second kappa shape index (κ2) is 7.19. The van der Waals surface area contributed by atoms with Gasteiger partial charge in [-0.15, -0.1) is 11.8 Å². The van der Waals surface area contributed by atoms with Crippen LogP contribution >= 0.6 is 11.8 Å². The maximum Gasteiger partial charge on any atom is 0.332 e. The number of hydrazone groups is 1. The molecule has 0 bridgehead atoms. The third kappa shape index (κ3) is 4.95. The number of carbonyl (C=O) groups excluding carboxylic acids is 1. The van der Waals surface area contributed by atoms with E-state index in [1.807, 2.05) is 23.9 Å². The average Bonchev–Trinajstić information content (AvgIpc) is 2.42. The van der Waals surface area contributed by atoms with Crippen LogP contribution in [0.4, 0.5) is 4.79 Å². The van der Waals surface area contributed by atoms with Crippen molar-refractivity contribution in [1.29, 1.82) is 0 Å². The first kappa shape index (κ1) is 13.9. The summed E-state index contributed by atoms with van der Waals surface area (Å²) in [5, 5.41) is 4.50. The number of thioether (sulfide) groups is 1. The second-order valence-electron chi connectivity index (χ2n) is 4.68. The summed E-state index contributed by atoms with van der Waals surface area (Å²) in [4.78, 5) is 11.8. The molecule has 1 aromatic rings. The largest absolute Gasteiger partial charge is 0.350 e. The number of urea groups is 1. The van der Waals surface area contributed by atoms with E-state index in [0.717, 1.165) is 10.8 Å². The Morgan fingerprint density at radius 3 is 2.58 bits per heavy atom. The van der Waals surface area contributed by atoms with E-state index in [-0.39, 0.29) is 0 Å². The summed E-state index contributed by atoms with van der Waals surface area (Å²) in [6, 6.07) is 7.55. The first-order valence-electron chi connectivity index (χ1n) is 6.59. The number of primary amides is 1. The Labute approximate surface area is 117 Å². The van der Waals surface area contributed by atoms with Crippen molar-refractivity contribution in [2.24, 2.45) is 10.8 Å². The molecule has 0 unspecified atom stereocenters. The van der Waals surface area contributed by atoms with Gasteiger partial charge in [-0.3, -0.25) is 0 Å². The molecule has 2 rings (SSSR count). The monoisotopic (exact) mass is 277 g/mol. The number of carbonyl (C=O) groups is 1. The molecule has 1 aliphatic rings. The lowest BCUT2D eigenvalue weighted by Crippen LogP contribution is -2.24. The lowest BCUT2D eigenvalue weighted by atomic mass is 10.0. The molecule has 1 aromatic carbocycles. The fourth-order valence-corrected chi connectivity index (χ4v) is 3.43. The molecule has 3 N–H and O–H groups in total. The van der Waals surface area contributed by atoms with Crippen LogP contribution in [0.3, 0.4) is 0 Å². The van der Waals surface area contributed by atoms with Gasteiger partial charge >= 0.3 is 6.03 Å². The number of amides is 2. The van der Waals surface area contributed by atoms with Crippen molar-refractivity contribution in [3.8, 4) is 0 Å². The van der Waals surface area contributed by atoms with Crippen LogP contribution in [0.15, 0.2) is 34.3 Å². The van der Waals surface area contributed by atoms with Gasteiger partial charge < -0.3 is 5.73 Å². The zero-order valence-corrected chi connectivity index (χ0v) is 11.7. The summed E-state index contributed by atoms with van der Waals surface area (Å²) in [5.41, 5.74) is 8.04. The van der Waals surface area contributed by atoms with Crippen LogP contribution < -0.4 is 11.2 Å². The van der Waals surface area contributed by atoms with E-state index < -0.39 is 6.03 Å². The van der Waals surface area contributed by atoms with Gasteiger partial charge in [0.1, 0.15) is 0 Å². The van der Waals surface area contributed by atoms with Gasteiger partial charge in [0, 0.05) is 10.1 Å². The Hall–Kier alpha value is -1.49. The third-order valence-electron chi connectivity index (χ3n) is 3.12. The number of nitrogens with zero attached hydrogens (tertiary/aromatic N) is 1. The van der Waals surface area contributed by atoms with Crippen molar-refractivity contribution in [2.45, 2.75) is 42.2 Å². The van der Waals surface area contributed by atoms with Gasteiger partial charge in [0.05, 0.1) is 6.21 Å². The van der Waals surface area contributed by atoms with Crippen LogP contribution in [0, 0.1) is 0 Å². The van der Waals surface area contributed by atoms with Crippen LogP contribution in [0.2, 0.25) is 0 Å². The number of rotatable bonds is 4. The van der Waals surface area contributed by atoms with Gasteiger partial charge in [-0.05, 0) is 30.5 Å². The maximum atomic E-state index is 10.5. The number of hydrogen-bond donors (Lipinski definition) is 2. The fraction of sp³-hybridized carbons (Fsp3) is 0.429. The van der Waals surface area contributed by atoms with Crippen LogP contribution in [-0.2, 0) is 0 Å². The SMILES string of the molecule is NC(=O)NN=Cc1ccc(SC2CCCCC2)cc1. The van der Waals surface area contributed by atoms with Crippen LogP contribution in [0.1, 0.15) is 37.7 Å². The highest BCUT2D eigenvalue weighted by Crippen LogP contribution is 2.33. The molecule has 1 aliphatic carbocycles.